The summed E-state index contributed by atoms with van der Waals surface area (Å²) < 4.78 is 28.3. The largest absolute Gasteiger partial charge is 0.479 e. The number of esters is 3. The van der Waals surface area contributed by atoms with Gasteiger partial charge in [0.1, 0.15) is 18.8 Å². The predicted molar refractivity (Wildman–Crippen MR) is 294 cm³/mol. The minimum absolute atomic E-state index is 0.0645. The number of carbonyl (C=O) groups excluding carboxylic acids is 3. The van der Waals surface area contributed by atoms with E-state index in [0.717, 1.165) is 70.6 Å². The van der Waals surface area contributed by atoms with Crippen LogP contribution in [0.15, 0.2) is 72.9 Å². The molecule has 6 atom stereocenters. The van der Waals surface area contributed by atoms with Crippen LogP contribution in [-0.2, 0) is 42.9 Å². The maximum Gasteiger partial charge on any atom is 0.335 e. The zero-order valence-electron chi connectivity index (χ0n) is 45.9. The van der Waals surface area contributed by atoms with Crippen LogP contribution in [0.4, 0.5) is 0 Å². The minimum Gasteiger partial charge on any atom is -0.479 e. The molecule has 12 heteroatoms. The first-order valence-corrected chi connectivity index (χ1v) is 28.9. The molecule has 0 radical (unpaired) electrons. The Bertz CT molecular complexity index is 1550. The Morgan fingerprint density at radius 1 is 0.466 bits per heavy atom. The number of carboxylic acids is 1. The van der Waals surface area contributed by atoms with Crippen LogP contribution in [0.1, 0.15) is 239 Å². The first-order chi connectivity index (χ1) is 35.6. The Morgan fingerprint density at radius 2 is 0.863 bits per heavy atom. The fourth-order valence-electron chi connectivity index (χ4n) is 8.39. The van der Waals surface area contributed by atoms with Gasteiger partial charge < -0.3 is 39.0 Å². The summed E-state index contributed by atoms with van der Waals surface area (Å²) in [4.78, 5) is 50.9. The molecule has 0 saturated carbocycles. The van der Waals surface area contributed by atoms with Crippen LogP contribution >= 0.6 is 0 Å². The Morgan fingerprint density at radius 3 is 1.29 bits per heavy atom. The molecule has 0 amide bonds. The molecule has 0 aromatic heterocycles. The van der Waals surface area contributed by atoms with Crippen LogP contribution in [0.5, 0.6) is 0 Å². The van der Waals surface area contributed by atoms with Crippen molar-refractivity contribution in [2.45, 2.75) is 276 Å². The summed E-state index contributed by atoms with van der Waals surface area (Å²) >= 11 is 0. The third kappa shape index (κ3) is 39.3. The molecule has 3 N–H and O–H groups in total. The number of carbonyl (C=O) groups is 4. The Kier molecular flexibility index (Phi) is 45.1. The van der Waals surface area contributed by atoms with Crippen molar-refractivity contribution in [1.29, 1.82) is 0 Å². The standard InChI is InChI=1S/C61H102O12/c1-4-7-10-13-16-19-21-23-25-26-27-28-30-32-34-37-40-43-46-49-55(64)72-59-57(66)56(65)58(60(67)68)73-61(59)70-51-52(71-54(63)48-45-42-39-35-18-15-12-9-6-3)50-69-53(62)47-44-41-38-36-33-31-29-24-22-20-17-14-11-8-5-2/h7,10,16,19,23,25,27-28,32,34,40,43,52,56-59,61,65-66H,4-6,8-9,11-15,17-18,20-22,24,26,29-31,33,35-39,41-42,44-51H2,1-3H3,(H,67,68)/b10-7-,19-16-,25-23-,28-27-,34-32-,43-40-. The van der Waals surface area contributed by atoms with E-state index in [-0.39, 0.29) is 25.9 Å². The van der Waals surface area contributed by atoms with Crippen molar-refractivity contribution < 1.29 is 58.2 Å². The van der Waals surface area contributed by atoms with Crippen molar-refractivity contribution in [2.24, 2.45) is 0 Å². The van der Waals surface area contributed by atoms with Crippen molar-refractivity contribution in [1.82, 2.24) is 0 Å². The van der Waals surface area contributed by atoms with Crippen molar-refractivity contribution in [3.05, 3.63) is 72.9 Å². The lowest BCUT2D eigenvalue weighted by atomic mass is 9.98. The summed E-state index contributed by atoms with van der Waals surface area (Å²) in [5, 5.41) is 31.4. The first-order valence-electron chi connectivity index (χ1n) is 28.9. The van der Waals surface area contributed by atoms with Crippen LogP contribution in [0.3, 0.4) is 0 Å². The van der Waals surface area contributed by atoms with Crippen LogP contribution in [-0.4, -0.2) is 89.2 Å². The summed E-state index contributed by atoms with van der Waals surface area (Å²) in [5.74, 6) is -3.22. The number of aliphatic carboxylic acids is 1. The highest BCUT2D eigenvalue weighted by Gasteiger charge is 2.50. The van der Waals surface area contributed by atoms with E-state index in [0.29, 0.717) is 25.7 Å². The number of aliphatic hydroxyl groups is 2. The second-order valence-electron chi connectivity index (χ2n) is 19.6. The van der Waals surface area contributed by atoms with E-state index in [1.807, 2.05) is 18.2 Å². The smallest absolute Gasteiger partial charge is 0.335 e. The topological polar surface area (TPSA) is 175 Å². The van der Waals surface area contributed by atoms with Crippen LogP contribution in [0.2, 0.25) is 0 Å². The molecule has 1 rings (SSSR count). The molecule has 418 valence electrons. The van der Waals surface area contributed by atoms with Gasteiger partial charge in [0.05, 0.1) is 6.61 Å². The van der Waals surface area contributed by atoms with Gasteiger partial charge in [-0.05, 0) is 57.8 Å². The van der Waals surface area contributed by atoms with E-state index in [9.17, 15) is 34.5 Å². The molecular formula is C61H102O12. The molecule has 0 aliphatic carbocycles. The van der Waals surface area contributed by atoms with E-state index < -0.39 is 67.3 Å². The molecule has 6 unspecified atom stereocenters. The lowest BCUT2D eigenvalue weighted by Gasteiger charge is -2.40. The molecule has 1 fully saturated rings. The summed E-state index contributed by atoms with van der Waals surface area (Å²) in [6, 6.07) is 0. The van der Waals surface area contributed by atoms with Gasteiger partial charge in [-0.25, -0.2) is 4.79 Å². The van der Waals surface area contributed by atoms with E-state index in [2.05, 4.69) is 75.5 Å². The molecule has 0 bridgehead atoms. The van der Waals surface area contributed by atoms with E-state index in [4.69, 9.17) is 23.7 Å². The summed E-state index contributed by atoms with van der Waals surface area (Å²) in [6.07, 6.45) is 49.0. The number of allylic oxidation sites excluding steroid dienone is 12. The fourth-order valence-corrected chi connectivity index (χ4v) is 8.39. The van der Waals surface area contributed by atoms with Gasteiger partial charge in [-0.15, -0.1) is 0 Å². The van der Waals surface area contributed by atoms with Gasteiger partial charge in [-0.3, -0.25) is 14.4 Å². The zero-order chi connectivity index (χ0) is 53.3. The molecule has 73 heavy (non-hydrogen) atoms. The second kappa shape index (κ2) is 49.1. The molecule has 1 saturated heterocycles. The lowest BCUT2D eigenvalue weighted by Crippen LogP contribution is -2.61. The van der Waals surface area contributed by atoms with Gasteiger partial charge in [-0.1, -0.05) is 235 Å². The lowest BCUT2D eigenvalue weighted by molar-refractivity contribution is -0.301. The van der Waals surface area contributed by atoms with Gasteiger partial charge in [-0.2, -0.15) is 0 Å². The average Bonchev–Trinajstić information content (AvgIpc) is 3.37. The van der Waals surface area contributed by atoms with Gasteiger partial charge in [0.2, 0.25) is 0 Å². The number of hydrogen-bond acceptors (Lipinski definition) is 11. The molecule has 1 heterocycles. The van der Waals surface area contributed by atoms with Gasteiger partial charge in [0, 0.05) is 19.3 Å². The first kappa shape index (κ1) is 67.2. The van der Waals surface area contributed by atoms with Crippen molar-refractivity contribution >= 4 is 23.9 Å². The SMILES string of the molecule is CC/C=C\C/C=C\C/C=C\C/C=C\C/C=C\C/C=C\CCC(=O)OC1C(OCC(COC(=O)CCCCCCCCCCCCCCCCC)OC(=O)CCCCCCCCCCC)OC(C(=O)O)C(O)C1O. The summed E-state index contributed by atoms with van der Waals surface area (Å²) in [5.41, 5.74) is 0. The van der Waals surface area contributed by atoms with E-state index in [1.54, 1.807) is 0 Å². The molecule has 1 aliphatic rings. The summed E-state index contributed by atoms with van der Waals surface area (Å²) in [6.45, 7) is 5.82. The Hall–Kier alpha value is -3.84. The van der Waals surface area contributed by atoms with Crippen molar-refractivity contribution in [3.8, 4) is 0 Å². The van der Waals surface area contributed by atoms with Crippen LogP contribution < -0.4 is 0 Å². The molecular weight excluding hydrogens is 925 g/mol. The average molecular weight is 1030 g/mol. The zero-order valence-corrected chi connectivity index (χ0v) is 45.9. The second-order valence-corrected chi connectivity index (χ2v) is 19.6. The highest BCUT2D eigenvalue weighted by atomic mass is 16.7. The van der Waals surface area contributed by atoms with Crippen molar-refractivity contribution in [2.75, 3.05) is 13.2 Å². The molecule has 0 spiro atoms. The summed E-state index contributed by atoms with van der Waals surface area (Å²) in [7, 11) is 0. The predicted octanol–water partition coefficient (Wildman–Crippen LogP) is 14.6. The van der Waals surface area contributed by atoms with E-state index in [1.165, 1.54) is 103 Å². The molecule has 0 aromatic carbocycles. The number of carboxylic acid groups (broad SMARTS) is 1. The number of ether oxygens (including phenoxy) is 5. The van der Waals surface area contributed by atoms with Gasteiger partial charge in [0.15, 0.2) is 24.6 Å². The fraction of sp³-hybridized carbons (Fsp3) is 0.738. The monoisotopic (exact) mass is 1030 g/mol. The quantitative estimate of drug-likeness (QED) is 0.0228. The number of aliphatic hydroxyl groups excluding tert-OH is 2. The highest BCUT2D eigenvalue weighted by Crippen LogP contribution is 2.26. The molecule has 0 aromatic rings. The van der Waals surface area contributed by atoms with Gasteiger partial charge in [0.25, 0.3) is 0 Å². The molecule has 1 aliphatic heterocycles. The number of rotatable bonds is 48. The third-order valence-electron chi connectivity index (χ3n) is 12.8. The normalized spacial score (nSPS) is 18.8. The highest BCUT2D eigenvalue weighted by molar-refractivity contribution is 5.74. The third-order valence-corrected chi connectivity index (χ3v) is 12.8. The minimum atomic E-state index is -1.93. The van der Waals surface area contributed by atoms with Gasteiger partial charge >= 0.3 is 23.9 Å². The maximum atomic E-state index is 13.1. The number of unbranched alkanes of at least 4 members (excludes halogenated alkanes) is 22. The Labute approximate surface area is 442 Å². The van der Waals surface area contributed by atoms with Crippen LogP contribution in [0.25, 0.3) is 0 Å². The maximum absolute atomic E-state index is 13.1. The number of hydrogen-bond donors (Lipinski definition) is 3. The Balaban J connectivity index is 2.70. The molecule has 12 nitrogen and oxygen atoms in total. The van der Waals surface area contributed by atoms with Crippen molar-refractivity contribution in [3.63, 3.8) is 0 Å². The van der Waals surface area contributed by atoms with E-state index >= 15 is 0 Å². The van der Waals surface area contributed by atoms with Crippen LogP contribution in [0, 0.1) is 0 Å².